The highest BCUT2D eigenvalue weighted by Gasteiger charge is 2.56. The van der Waals surface area contributed by atoms with Crippen LogP contribution < -0.4 is 4.74 Å². The molecule has 2 N–H and O–H groups in total. The van der Waals surface area contributed by atoms with Crippen molar-refractivity contribution in [1.29, 1.82) is 0 Å². The SMILES string of the molecule is COc1cc(O)ccc1C1C2=CCC3C(=O)N(CCCC(=O)O)C(=O)C3C2CC2=C1C(=O)C(C)=CC2=O. The first kappa shape index (κ1) is 24.7. The van der Waals surface area contributed by atoms with E-state index >= 15 is 0 Å². The Hall–Kier alpha value is -4.01. The maximum Gasteiger partial charge on any atom is 0.303 e. The van der Waals surface area contributed by atoms with Crippen LogP contribution in [0.25, 0.3) is 0 Å². The van der Waals surface area contributed by atoms with Gasteiger partial charge in [0.2, 0.25) is 11.8 Å². The van der Waals surface area contributed by atoms with E-state index in [1.54, 1.807) is 13.0 Å². The van der Waals surface area contributed by atoms with Crippen molar-refractivity contribution >= 4 is 29.4 Å². The number of rotatable bonds is 6. The smallest absolute Gasteiger partial charge is 0.303 e. The number of allylic oxidation sites excluding steroid dienone is 6. The van der Waals surface area contributed by atoms with Crippen LogP contribution in [0.4, 0.5) is 0 Å². The number of aromatic hydroxyl groups is 1. The number of methoxy groups -OCH3 is 1. The van der Waals surface area contributed by atoms with Crippen LogP contribution in [-0.4, -0.2) is 58.1 Å². The van der Waals surface area contributed by atoms with E-state index in [2.05, 4.69) is 0 Å². The third kappa shape index (κ3) is 3.89. The number of phenolic OH excluding ortho intramolecular Hbond substituents is 1. The molecular formula is C28H27NO8. The molecule has 5 rings (SSSR count). The van der Waals surface area contributed by atoms with Gasteiger partial charge in [-0.05, 0) is 44.2 Å². The lowest BCUT2D eigenvalue weighted by Crippen LogP contribution is -2.40. The molecule has 0 radical (unpaired) electrons. The standard InChI is InChI=1S/C28H27NO8/c1-13-10-20(31)19-12-18-15(23(25(19)26(13)34)16-6-5-14(30)11-21(16)37-2)7-8-17-24(18)28(36)29(27(17)35)9-3-4-22(32)33/h5-7,10-11,17-18,23-24,30H,3-4,8-9,12H2,1-2H3,(H,32,33). The van der Waals surface area contributed by atoms with Crippen LogP contribution in [0.15, 0.2) is 52.6 Å². The molecule has 0 spiro atoms. The number of carboxylic acid groups (broad SMARTS) is 1. The van der Waals surface area contributed by atoms with Crippen LogP contribution >= 0.6 is 0 Å². The molecule has 1 heterocycles. The molecular weight excluding hydrogens is 478 g/mol. The molecule has 0 aromatic heterocycles. The summed E-state index contributed by atoms with van der Waals surface area (Å²) in [5.74, 6) is -4.34. The number of carbonyl (C=O) groups is 5. The molecule has 0 bridgehead atoms. The number of hydrogen-bond donors (Lipinski definition) is 2. The van der Waals surface area contributed by atoms with Crippen LogP contribution in [0.3, 0.4) is 0 Å². The number of imide groups is 1. The van der Waals surface area contributed by atoms with Gasteiger partial charge in [0.1, 0.15) is 11.5 Å². The van der Waals surface area contributed by atoms with Crippen molar-refractivity contribution in [3.8, 4) is 11.5 Å². The highest BCUT2D eigenvalue weighted by atomic mass is 16.5. The summed E-state index contributed by atoms with van der Waals surface area (Å²) in [5, 5.41) is 19.0. The van der Waals surface area contributed by atoms with Crippen LogP contribution in [0.1, 0.15) is 44.1 Å². The fourth-order valence-corrected chi connectivity index (χ4v) is 6.33. The summed E-state index contributed by atoms with van der Waals surface area (Å²) in [6, 6.07) is 4.59. The minimum atomic E-state index is -0.998. The molecule has 9 heteroatoms. The van der Waals surface area contributed by atoms with Crippen molar-refractivity contribution < 1.29 is 38.9 Å². The summed E-state index contributed by atoms with van der Waals surface area (Å²) in [4.78, 5) is 65.4. The molecule has 1 aliphatic heterocycles. The fourth-order valence-electron chi connectivity index (χ4n) is 6.33. The Kier molecular flexibility index (Phi) is 6.09. The van der Waals surface area contributed by atoms with Gasteiger partial charge in [0.05, 0.1) is 18.9 Å². The monoisotopic (exact) mass is 505 g/mol. The van der Waals surface area contributed by atoms with E-state index in [0.717, 1.165) is 10.5 Å². The number of amides is 2. The number of carbonyl (C=O) groups excluding carboxylic acids is 4. The average molecular weight is 506 g/mol. The average Bonchev–Trinajstić information content (AvgIpc) is 3.11. The maximum absolute atomic E-state index is 13.5. The summed E-state index contributed by atoms with van der Waals surface area (Å²) >= 11 is 0. The second-order valence-corrected chi connectivity index (χ2v) is 9.98. The summed E-state index contributed by atoms with van der Waals surface area (Å²) in [5.41, 5.74) is 2.39. The first-order valence-corrected chi connectivity index (χ1v) is 12.3. The molecule has 9 nitrogen and oxygen atoms in total. The highest BCUT2D eigenvalue weighted by molar-refractivity contribution is 6.24. The van der Waals surface area contributed by atoms with Gasteiger partial charge in [-0.2, -0.15) is 0 Å². The zero-order valence-electron chi connectivity index (χ0n) is 20.5. The van der Waals surface area contributed by atoms with Crippen LogP contribution in [0, 0.1) is 17.8 Å². The number of ether oxygens (including phenoxy) is 1. The number of nitrogens with zero attached hydrogens (tertiary/aromatic N) is 1. The second kappa shape index (κ2) is 9.14. The van der Waals surface area contributed by atoms with Gasteiger partial charge < -0.3 is 14.9 Å². The minimum Gasteiger partial charge on any atom is -0.508 e. The molecule has 1 saturated heterocycles. The van der Waals surface area contributed by atoms with E-state index in [-0.39, 0.29) is 54.9 Å². The number of phenols is 1. The van der Waals surface area contributed by atoms with Gasteiger partial charge in [0, 0.05) is 47.2 Å². The molecule has 1 fully saturated rings. The topological polar surface area (TPSA) is 138 Å². The van der Waals surface area contributed by atoms with E-state index in [9.17, 15) is 29.1 Å². The van der Waals surface area contributed by atoms with E-state index in [1.807, 2.05) is 6.08 Å². The molecule has 4 aliphatic rings. The number of fused-ring (bicyclic) bond motifs is 3. The zero-order chi connectivity index (χ0) is 26.6. The molecule has 1 aromatic rings. The van der Waals surface area contributed by atoms with E-state index in [0.29, 0.717) is 34.5 Å². The molecule has 2 amide bonds. The Morgan fingerprint density at radius 3 is 2.59 bits per heavy atom. The van der Waals surface area contributed by atoms with Gasteiger partial charge in [-0.1, -0.05) is 17.7 Å². The third-order valence-electron chi connectivity index (χ3n) is 7.96. The molecule has 0 saturated carbocycles. The molecule has 4 unspecified atom stereocenters. The predicted molar refractivity (Wildman–Crippen MR) is 130 cm³/mol. The van der Waals surface area contributed by atoms with E-state index < -0.39 is 29.6 Å². The summed E-state index contributed by atoms with van der Waals surface area (Å²) in [6.07, 6.45) is 3.70. The van der Waals surface area contributed by atoms with Crippen molar-refractivity contribution in [2.45, 2.75) is 38.5 Å². The van der Waals surface area contributed by atoms with Gasteiger partial charge in [-0.3, -0.25) is 28.9 Å². The number of carboxylic acids is 1. The second-order valence-electron chi connectivity index (χ2n) is 9.98. The van der Waals surface area contributed by atoms with Crippen molar-refractivity contribution in [1.82, 2.24) is 4.90 Å². The van der Waals surface area contributed by atoms with Crippen molar-refractivity contribution in [2.75, 3.05) is 13.7 Å². The fraction of sp³-hybridized carbons (Fsp3) is 0.393. The number of benzene rings is 1. The number of ketones is 2. The van der Waals surface area contributed by atoms with Crippen molar-refractivity contribution in [2.24, 2.45) is 17.8 Å². The quantitative estimate of drug-likeness (QED) is 0.342. The summed E-state index contributed by atoms with van der Waals surface area (Å²) < 4.78 is 5.54. The Bertz CT molecular complexity index is 1350. The lowest BCUT2D eigenvalue weighted by atomic mass is 9.59. The van der Waals surface area contributed by atoms with E-state index in [4.69, 9.17) is 9.84 Å². The minimum absolute atomic E-state index is 0.0180. The summed E-state index contributed by atoms with van der Waals surface area (Å²) in [7, 11) is 1.45. The zero-order valence-corrected chi connectivity index (χ0v) is 20.5. The first-order chi connectivity index (χ1) is 17.6. The Morgan fingerprint density at radius 2 is 1.89 bits per heavy atom. The third-order valence-corrected chi connectivity index (χ3v) is 7.96. The molecule has 1 aromatic carbocycles. The lowest BCUT2D eigenvalue weighted by molar-refractivity contribution is -0.142. The molecule has 3 aliphatic carbocycles. The van der Waals surface area contributed by atoms with Crippen LogP contribution in [0.5, 0.6) is 11.5 Å². The number of likely N-dealkylation sites (tertiary alicyclic amines) is 1. The van der Waals surface area contributed by atoms with E-state index in [1.165, 1.54) is 25.3 Å². The molecule has 4 atom stereocenters. The van der Waals surface area contributed by atoms with Gasteiger partial charge in [0.15, 0.2) is 11.6 Å². The molecule has 192 valence electrons. The van der Waals surface area contributed by atoms with Gasteiger partial charge in [0.25, 0.3) is 0 Å². The summed E-state index contributed by atoms with van der Waals surface area (Å²) in [6.45, 7) is 1.63. The largest absolute Gasteiger partial charge is 0.508 e. The lowest BCUT2D eigenvalue weighted by Gasteiger charge is -2.42. The normalized spacial score (nSPS) is 26.9. The Balaban J connectivity index is 1.61. The van der Waals surface area contributed by atoms with Gasteiger partial charge in [-0.25, -0.2) is 0 Å². The highest BCUT2D eigenvalue weighted by Crippen LogP contribution is 2.56. The van der Waals surface area contributed by atoms with Crippen molar-refractivity contribution in [3.63, 3.8) is 0 Å². The van der Waals surface area contributed by atoms with Gasteiger partial charge >= 0.3 is 5.97 Å². The molecule has 37 heavy (non-hydrogen) atoms. The first-order valence-electron chi connectivity index (χ1n) is 12.3. The van der Waals surface area contributed by atoms with Gasteiger partial charge in [-0.15, -0.1) is 0 Å². The Labute approximate surface area is 213 Å². The van der Waals surface area contributed by atoms with Crippen molar-refractivity contribution in [3.05, 3.63) is 58.2 Å². The number of Topliss-reactive ketones (excluding diaryl/α,β-unsaturated/α-hetero) is 1. The Morgan fingerprint density at radius 1 is 1.14 bits per heavy atom. The maximum atomic E-state index is 13.5. The predicted octanol–water partition coefficient (Wildman–Crippen LogP) is 2.70. The number of aliphatic carboxylic acids is 1. The van der Waals surface area contributed by atoms with Crippen LogP contribution in [0.2, 0.25) is 0 Å². The van der Waals surface area contributed by atoms with Crippen LogP contribution in [-0.2, 0) is 24.0 Å². The number of hydrogen-bond acceptors (Lipinski definition) is 7.